The van der Waals surface area contributed by atoms with Crippen LogP contribution in [0.1, 0.15) is 68.3 Å². The molecular formula is C29H34ClN3OS. The highest BCUT2D eigenvalue weighted by Gasteiger charge is 2.32. The van der Waals surface area contributed by atoms with Gasteiger partial charge in [0.1, 0.15) is 0 Å². The number of halogens is 1. The Balaban J connectivity index is 1.80. The summed E-state index contributed by atoms with van der Waals surface area (Å²) in [6.45, 7) is 8.45. The first kappa shape index (κ1) is 25.5. The van der Waals surface area contributed by atoms with Gasteiger partial charge >= 0.3 is 6.03 Å². The van der Waals surface area contributed by atoms with Crippen LogP contribution < -0.4 is 16.0 Å². The second-order valence-electron chi connectivity index (χ2n) is 9.22. The van der Waals surface area contributed by atoms with Crippen molar-refractivity contribution in [2.75, 3.05) is 21.7 Å². The Morgan fingerprint density at radius 2 is 1.80 bits per heavy atom. The van der Waals surface area contributed by atoms with Gasteiger partial charge in [-0.2, -0.15) is 0 Å². The van der Waals surface area contributed by atoms with Crippen molar-refractivity contribution < 1.29 is 4.79 Å². The third-order valence-electron chi connectivity index (χ3n) is 6.76. The summed E-state index contributed by atoms with van der Waals surface area (Å²) in [5.74, 6) is 1.38. The number of rotatable bonds is 6. The zero-order valence-corrected chi connectivity index (χ0v) is 22.5. The van der Waals surface area contributed by atoms with Crippen molar-refractivity contribution in [2.45, 2.75) is 63.8 Å². The van der Waals surface area contributed by atoms with Crippen molar-refractivity contribution in [3.63, 3.8) is 0 Å². The molecule has 0 saturated heterocycles. The zero-order chi connectivity index (χ0) is 25.1. The SMILES string of the molecule is CCc1c(N)cc(Cl)c(CC)c1NC(=O)N(c1ccc(C(C)C)cc1)C1CCSc2ccccc21. The van der Waals surface area contributed by atoms with E-state index in [1.165, 1.54) is 16.0 Å². The second-order valence-corrected chi connectivity index (χ2v) is 10.8. The lowest BCUT2D eigenvalue weighted by Gasteiger charge is -2.36. The van der Waals surface area contributed by atoms with Crippen LogP contribution in [0.3, 0.4) is 0 Å². The van der Waals surface area contributed by atoms with Gasteiger partial charge < -0.3 is 11.1 Å². The number of hydrogen-bond acceptors (Lipinski definition) is 3. The standard InChI is InChI=1S/C29H34ClN3OS/c1-5-21-24(30)17-25(31)22(6-2)28(21)32-29(34)33(20-13-11-19(12-14-20)18(3)4)26-15-16-35-27-10-8-7-9-23(26)27/h7-14,17-18,26H,5-6,15-16,31H2,1-4H3,(H,32,34). The number of urea groups is 1. The van der Waals surface area contributed by atoms with E-state index in [0.29, 0.717) is 29.5 Å². The topological polar surface area (TPSA) is 58.4 Å². The molecule has 1 aliphatic heterocycles. The maximum Gasteiger partial charge on any atom is 0.326 e. The van der Waals surface area contributed by atoms with Crippen LogP contribution in [-0.2, 0) is 12.8 Å². The summed E-state index contributed by atoms with van der Waals surface area (Å²) in [6.07, 6.45) is 2.28. The normalized spacial score (nSPS) is 15.1. The molecular weight excluding hydrogens is 474 g/mol. The summed E-state index contributed by atoms with van der Waals surface area (Å²) < 4.78 is 0. The van der Waals surface area contributed by atoms with Crippen LogP contribution >= 0.6 is 23.4 Å². The fourth-order valence-corrected chi connectivity index (χ4v) is 6.30. The number of carbonyl (C=O) groups is 1. The van der Waals surface area contributed by atoms with E-state index in [-0.39, 0.29) is 12.1 Å². The average Bonchev–Trinajstić information content (AvgIpc) is 2.85. The summed E-state index contributed by atoms with van der Waals surface area (Å²) in [5, 5.41) is 3.83. The number of amides is 2. The summed E-state index contributed by atoms with van der Waals surface area (Å²) >= 11 is 8.41. The zero-order valence-electron chi connectivity index (χ0n) is 20.9. The fraction of sp³-hybridized carbons (Fsp3) is 0.345. The van der Waals surface area contributed by atoms with E-state index in [2.05, 4.69) is 67.7 Å². The minimum Gasteiger partial charge on any atom is -0.398 e. The summed E-state index contributed by atoms with van der Waals surface area (Å²) in [7, 11) is 0. The highest BCUT2D eigenvalue weighted by Crippen LogP contribution is 2.42. The lowest BCUT2D eigenvalue weighted by Crippen LogP contribution is -2.40. The molecule has 0 spiro atoms. The van der Waals surface area contributed by atoms with Crippen LogP contribution in [0.4, 0.5) is 21.9 Å². The van der Waals surface area contributed by atoms with Gasteiger partial charge in [-0.05, 0) is 71.7 Å². The molecule has 4 rings (SSSR count). The number of hydrogen-bond donors (Lipinski definition) is 2. The van der Waals surface area contributed by atoms with Crippen LogP contribution in [0, 0.1) is 0 Å². The highest BCUT2D eigenvalue weighted by molar-refractivity contribution is 7.99. The minimum absolute atomic E-state index is 0.0657. The lowest BCUT2D eigenvalue weighted by molar-refractivity contribution is 0.254. The molecule has 3 N–H and O–H groups in total. The van der Waals surface area contributed by atoms with Crippen molar-refractivity contribution in [3.8, 4) is 0 Å². The smallest absolute Gasteiger partial charge is 0.326 e. The number of carbonyl (C=O) groups excluding carboxylic acids is 1. The van der Waals surface area contributed by atoms with Crippen molar-refractivity contribution in [1.82, 2.24) is 0 Å². The van der Waals surface area contributed by atoms with Crippen molar-refractivity contribution >= 4 is 46.5 Å². The van der Waals surface area contributed by atoms with E-state index in [1.54, 1.807) is 6.07 Å². The molecule has 4 nitrogen and oxygen atoms in total. The van der Waals surface area contributed by atoms with Crippen LogP contribution in [0.2, 0.25) is 5.02 Å². The summed E-state index contributed by atoms with van der Waals surface area (Å²) in [4.78, 5) is 17.3. The van der Waals surface area contributed by atoms with Gasteiger partial charge in [0.2, 0.25) is 0 Å². The Morgan fingerprint density at radius 1 is 1.11 bits per heavy atom. The number of thioether (sulfide) groups is 1. The summed E-state index contributed by atoms with van der Waals surface area (Å²) in [5.41, 5.74) is 12.8. The molecule has 0 aromatic heterocycles. The first-order valence-corrected chi connectivity index (χ1v) is 13.7. The van der Waals surface area contributed by atoms with Gasteiger partial charge in [0.15, 0.2) is 0 Å². The third kappa shape index (κ3) is 5.17. The van der Waals surface area contributed by atoms with E-state index in [0.717, 1.165) is 34.7 Å². The predicted octanol–water partition coefficient (Wildman–Crippen LogP) is 8.45. The van der Waals surface area contributed by atoms with Crippen molar-refractivity contribution in [2.24, 2.45) is 0 Å². The van der Waals surface area contributed by atoms with Gasteiger partial charge in [0, 0.05) is 27.0 Å². The van der Waals surface area contributed by atoms with Gasteiger partial charge in [-0.3, -0.25) is 4.90 Å². The van der Waals surface area contributed by atoms with E-state index >= 15 is 0 Å². The number of nitrogens with two attached hydrogens (primary N) is 1. The van der Waals surface area contributed by atoms with Crippen LogP contribution in [-0.4, -0.2) is 11.8 Å². The average molecular weight is 508 g/mol. The first-order chi connectivity index (χ1) is 16.8. The second kappa shape index (κ2) is 11.0. The molecule has 0 fully saturated rings. The van der Waals surface area contributed by atoms with Crippen LogP contribution in [0.25, 0.3) is 0 Å². The quantitative estimate of drug-likeness (QED) is 0.329. The van der Waals surface area contributed by atoms with Gasteiger partial charge in [-0.15, -0.1) is 11.8 Å². The number of nitrogens with zero attached hydrogens (tertiary/aromatic N) is 1. The largest absolute Gasteiger partial charge is 0.398 e. The highest BCUT2D eigenvalue weighted by atomic mass is 35.5. The molecule has 0 saturated carbocycles. The van der Waals surface area contributed by atoms with Crippen molar-refractivity contribution in [1.29, 1.82) is 0 Å². The van der Waals surface area contributed by atoms with E-state index in [4.69, 9.17) is 17.3 Å². The number of fused-ring (bicyclic) bond motifs is 1. The monoisotopic (exact) mass is 507 g/mol. The van der Waals surface area contributed by atoms with Gasteiger partial charge in [-0.1, -0.05) is 69.6 Å². The van der Waals surface area contributed by atoms with Crippen LogP contribution in [0.15, 0.2) is 59.5 Å². The number of anilines is 3. The van der Waals surface area contributed by atoms with E-state index in [1.807, 2.05) is 30.5 Å². The molecule has 2 amide bonds. The van der Waals surface area contributed by atoms with E-state index in [9.17, 15) is 4.79 Å². The molecule has 0 bridgehead atoms. The molecule has 3 aromatic carbocycles. The predicted molar refractivity (Wildman–Crippen MR) is 151 cm³/mol. The summed E-state index contributed by atoms with van der Waals surface area (Å²) in [6, 6.07) is 18.3. The molecule has 1 aliphatic rings. The maximum atomic E-state index is 14.1. The third-order valence-corrected chi connectivity index (χ3v) is 8.22. The molecule has 3 aromatic rings. The molecule has 1 atom stereocenters. The Hall–Kier alpha value is -2.63. The van der Waals surface area contributed by atoms with E-state index < -0.39 is 0 Å². The van der Waals surface area contributed by atoms with Gasteiger partial charge in [0.05, 0.1) is 11.7 Å². The van der Waals surface area contributed by atoms with Gasteiger partial charge in [0.25, 0.3) is 0 Å². The minimum atomic E-state index is -0.167. The molecule has 1 unspecified atom stereocenters. The molecule has 1 heterocycles. The Labute approximate surface area is 218 Å². The maximum absolute atomic E-state index is 14.1. The molecule has 0 radical (unpaired) electrons. The van der Waals surface area contributed by atoms with Crippen molar-refractivity contribution in [3.05, 3.63) is 81.9 Å². The first-order valence-electron chi connectivity index (χ1n) is 12.4. The molecule has 6 heteroatoms. The molecule has 35 heavy (non-hydrogen) atoms. The lowest BCUT2D eigenvalue weighted by atomic mass is 9.99. The van der Waals surface area contributed by atoms with Gasteiger partial charge in [-0.25, -0.2) is 4.79 Å². The Morgan fingerprint density at radius 3 is 2.46 bits per heavy atom. The molecule has 0 aliphatic carbocycles. The van der Waals surface area contributed by atoms with Crippen LogP contribution in [0.5, 0.6) is 0 Å². The number of nitrogens with one attached hydrogen (secondary N) is 1. The fourth-order valence-electron chi connectivity index (χ4n) is 4.85. The Kier molecular flexibility index (Phi) is 7.98. The number of benzene rings is 3. The molecule has 184 valence electrons. The Bertz CT molecular complexity index is 1180. The number of nitrogen functional groups attached to an aromatic ring is 1.